The van der Waals surface area contributed by atoms with E-state index >= 15 is 0 Å². The molecule has 24 heavy (non-hydrogen) atoms. The molecule has 0 saturated carbocycles. The molecule has 130 valence electrons. The van der Waals surface area contributed by atoms with Gasteiger partial charge in [-0.15, -0.1) is 0 Å². The fourth-order valence-corrected chi connectivity index (χ4v) is 3.15. The molecule has 2 aliphatic rings. The summed E-state index contributed by atoms with van der Waals surface area (Å²) in [5.74, 6) is 0.501. The van der Waals surface area contributed by atoms with E-state index in [1.165, 1.54) is 12.8 Å². The Balaban J connectivity index is 1.51. The predicted molar refractivity (Wildman–Crippen MR) is 92.3 cm³/mol. The third kappa shape index (κ3) is 4.40. The van der Waals surface area contributed by atoms with Crippen molar-refractivity contribution in [3.8, 4) is 5.75 Å². The van der Waals surface area contributed by atoms with E-state index in [1.54, 1.807) is 29.2 Å². The van der Waals surface area contributed by atoms with Gasteiger partial charge in [-0.1, -0.05) is 0 Å². The first-order valence-electron chi connectivity index (χ1n) is 8.85. The van der Waals surface area contributed by atoms with Crippen molar-refractivity contribution in [2.45, 2.75) is 38.5 Å². The van der Waals surface area contributed by atoms with Crippen molar-refractivity contribution in [2.75, 3.05) is 31.5 Å². The van der Waals surface area contributed by atoms with Crippen molar-refractivity contribution < 1.29 is 14.3 Å². The number of hydrogen-bond acceptors (Lipinski definition) is 3. The summed E-state index contributed by atoms with van der Waals surface area (Å²) in [6, 6.07) is 6.90. The monoisotopic (exact) mass is 331 g/mol. The van der Waals surface area contributed by atoms with Crippen molar-refractivity contribution in [2.24, 2.45) is 0 Å². The molecular formula is C18H25N3O3. The molecule has 2 heterocycles. The Bertz CT molecular complexity index is 510. The maximum absolute atomic E-state index is 12.2. The van der Waals surface area contributed by atoms with Gasteiger partial charge in [-0.2, -0.15) is 0 Å². The smallest absolute Gasteiger partial charge is 0.410 e. The lowest BCUT2D eigenvalue weighted by Crippen LogP contribution is -2.38. The van der Waals surface area contributed by atoms with Crippen LogP contribution in [-0.4, -0.2) is 48.1 Å². The van der Waals surface area contributed by atoms with Gasteiger partial charge in [0.2, 0.25) is 0 Å². The van der Waals surface area contributed by atoms with Crippen LogP contribution < -0.4 is 10.1 Å². The third-order valence-corrected chi connectivity index (χ3v) is 4.57. The maximum Gasteiger partial charge on any atom is 0.415 e. The lowest BCUT2D eigenvalue weighted by Gasteiger charge is -2.27. The first-order valence-corrected chi connectivity index (χ1v) is 8.85. The fraction of sp³-hybridized carbons (Fsp3) is 0.556. The number of nitrogens with one attached hydrogen (secondary N) is 1. The Hall–Kier alpha value is -2.24. The molecule has 1 N–H and O–H groups in total. The van der Waals surface area contributed by atoms with Crippen LogP contribution in [0.4, 0.5) is 15.3 Å². The van der Waals surface area contributed by atoms with Gasteiger partial charge in [-0.3, -0.25) is 0 Å². The molecule has 6 heteroatoms. The summed E-state index contributed by atoms with van der Waals surface area (Å²) in [7, 11) is 0. The predicted octanol–water partition coefficient (Wildman–Crippen LogP) is 3.69. The summed E-state index contributed by atoms with van der Waals surface area (Å²) < 4.78 is 5.39. The number of piperidine rings is 2. The molecule has 6 nitrogen and oxygen atoms in total. The van der Waals surface area contributed by atoms with E-state index in [-0.39, 0.29) is 12.1 Å². The van der Waals surface area contributed by atoms with Gasteiger partial charge >= 0.3 is 12.1 Å². The van der Waals surface area contributed by atoms with Crippen LogP contribution in [0.25, 0.3) is 0 Å². The number of amides is 3. The normalized spacial score (nSPS) is 18.2. The number of carbonyl (C=O) groups is 2. The van der Waals surface area contributed by atoms with E-state index in [0.29, 0.717) is 11.4 Å². The molecular weight excluding hydrogens is 306 g/mol. The summed E-state index contributed by atoms with van der Waals surface area (Å²) >= 11 is 0. The van der Waals surface area contributed by atoms with Gasteiger partial charge in [0, 0.05) is 31.9 Å². The fourth-order valence-electron chi connectivity index (χ4n) is 3.15. The van der Waals surface area contributed by atoms with Gasteiger partial charge < -0.3 is 19.9 Å². The molecule has 2 saturated heterocycles. The summed E-state index contributed by atoms with van der Waals surface area (Å²) in [6.45, 7) is 3.17. The standard InChI is InChI=1S/C18H25N3O3/c22-17(20-11-3-1-4-12-20)19-15-7-9-16(10-8-15)24-18(23)21-13-5-2-6-14-21/h7-10H,1-6,11-14H2,(H,19,22). The first kappa shape index (κ1) is 16.6. The minimum absolute atomic E-state index is 0.0623. The molecule has 0 spiro atoms. The van der Waals surface area contributed by atoms with Crippen molar-refractivity contribution >= 4 is 17.8 Å². The average Bonchev–Trinajstić information content (AvgIpc) is 2.65. The van der Waals surface area contributed by atoms with E-state index in [1.807, 2.05) is 4.90 Å². The van der Waals surface area contributed by atoms with Crippen LogP contribution in [0, 0.1) is 0 Å². The quantitative estimate of drug-likeness (QED) is 0.899. The van der Waals surface area contributed by atoms with Gasteiger partial charge in [0.25, 0.3) is 0 Å². The van der Waals surface area contributed by atoms with E-state index < -0.39 is 0 Å². The summed E-state index contributed by atoms with van der Waals surface area (Å²) in [5, 5.41) is 2.89. The molecule has 1 aromatic rings. The molecule has 1 aromatic carbocycles. The minimum Gasteiger partial charge on any atom is -0.410 e. The van der Waals surface area contributed by atoms with Crippen LogP contribution in [0.5, 0.6) is 5.75 Å². The van der Waals surface area contributed by atoms with Crippen LogP contribution in [0.2, 0.25) is 0 Å². The molecule has 0 atom stereocenters. The topological polar surface area (TPSA) is 61.9 Å². The number of urea groups is 1. The molecule has 2 aliphatic heterocycles. The second-order valence-corrected chi connectivity index (χ2v) is 6.42. The molecule has 0 bridgehead atoms. The van der Waals surface area contributed by atoms with Crippen molar-refractivity contribution in [3.63, 3.8) is 0 Å². The Labute approximate surface area is 142 Å². The Morgan fingerprint density at radius 2 is 1.33 bits per heavy atom. The second kappa shape index (κ2) is 8.04. The molecule has 3 rings (SSSR count). The number of anilines is 1. The second-order valence-electron chi connectivity index (χ2n) is 6.42. The zero-order valence-corrected chi connectivity index (χ0v) is 14.0. The zero-order valence-electron chi connectivity index (χ0n) is 14.0. The van der Waals surface area contributed by atoms with Crippen LogP contribution in [0.3, 0.4) is 0 Å². The number of carbonyl (C=O) groups excluding carboxylic acids is 2. The lowest BCUT2D eigenvalue weighted by molar-refractivity contribution is 0.142. The molecule has 2 fully saturated rings. The third-order valence-electron chi connectivity index (χ3n) is 4.57. The van der Waals surface area contributed by atoms with Gasteiger partial charge in [0.15, 0.2) is 0 Å². The van der Waals surface area contributed by atoms with Crippen molar-refractivity contribution in [1.82, 2.24) is 9.80 Å². The highest BCUT2D eigenvalue weighted by Crippen LogP contribution is 2.19. The van der Waals surface area contributed by atoms with Gasteiger partial charge in [-0.05, 0) is 62.8 Å². The summed E-state index contributed by atoms with van der Waals surface area (Å²) in [6.07, 6.45) is 6.29. The van der Waals surface area contributed by atoms with Gasteiger partial charge in [-0.25, -0.2) is 9.59 Å². The number of hydrogen-bond donors (Lipinski definition) is 1. The Kier molecular flexibility index (Phi) is 5.56. The number of likely N-dealkylation sites (tertiary alicyclic amines) is 2. The molecule has 0 aromatic heterocycles. The maximum atomic E-state index is 12.2. The Morgan fingerprint density at radius 3 is 1.92 bits per heavy atom. The number of ether oxygens (including phenoxy) is 1. The highest BCUT2D eigenvalue weighted by molar-refractivity contribution is 5.89. The summed E-state index contributed by atoms with van der Waals surface area (Å²) in [5.41, 5.74) is 0.711. The van der Waals surface area contributed by atoms with Gasteiger partial charge in [0.05, 0.1) is 0 Å². The zero-order chi connectivity index (χ0) is 16.8. The van der Waals surface area contributed by atoms with Crippen LogP contribution in [-0.2, 0) is 0 Å². The SMILES string of the molecule is O=C(Nc1ccc(OC(=O)N2CCCCC2)cc1)N1CCCCC1. The van der Waals surface area contributed by atoms with E-state index in [4.69, 9.17) is 4.74 Å². The minimum atomic E-state index is -0.292. The van der Waals surface area contributed by atoms with Crippen molar-refractivity contribution in [3.05, 3.63) is 24.3 Å². The van der Waals surface area contributed by atoms with E-state index in [9.17, 15) is 9.59 Å². The molecule has 0 radical (unpaired) electrons. The van der Waals surface area contributed by atoms with Crippen LogP contribution in [0.1, 0.15) is 38.5 Å². The van der Waals surface area contributed by atoms with E-state index in [2.05, 4.69) is 5.32 Å². The van der Waals surface area contributed by atoms with Gasteiger partial charge in [0.1, 0.15) is 5.75 Å². The van der Waals surface area contributed by atoms with Crippen molar-refractivity contribution in [1.29, 1.82) is 0 Å². The highest BCUT2D eigenvalue weighted by Gasteiger charge is 2.19. The number of nitrogens with zero attached hydrogens (tertiary/aromatic N) is 2. The highest BCUT2D eigenvalue weighted by atomic mass is 16.6. The largest absolute Gasteiger partial charge is 0.415 e. The number of rotatable bonds is 2. The van der Waals surface area contributed by atoms with Crippen LogP contribution >= 0.6 is 0 Å². The van der Waals surface area contributed by atoms with E-state index in [0.717, 1.165) is 51.9 Å². The molecule has 0 aliphatic carbocycles. The first-order chi connectivity index (χ1) is 11.7. The summed E-state index contributed by atoms with van der Waals surface area (Å²) in [4.78, 5) is 27.8. The molecule has 0 unspecified atom stereocenters. The van der Waals surface area contributed by atoms with Crippen LogP contribution in [0.15, 0.2) is 24.3 Å². The average molecular weight is 331 g/mol. The Morgan fingerprint density at radius 1 is 0.792 bits per heavy atom. The lowest BCUT2D eigenvalue weighted by atomic mass is 10.1. The number of benzene rings is 1. The molecule has 3 amide bonds.